The van der Waals surface area contributed by atoms with Gasteiger partial charge in [0.05, 0.1) is 16.8 Å². The van der Waals surface area contributed by atoms with Crippen LogP contribution < -0.4 is 5.32 Å². The normalized spacial score (nSPS) is 15.0. The molecule has 0 aliphatic carbocycles. The summed E-state index contributed by atoms with van der Waals surface area (Å²) in [4.78, 5) is 10.9. The first-order chi connectivity index (χ1) is 7.89. The zero-order chi connectivity index (χ0) is 12.6. The Bertz CT molecular complexity index is 469. The maximum Gasteiger partial charge on any atom is 0.416 e. The van der Waals surface area contributed by atoms with Gasteiger partial charge < -0.3 is 10.4 Å². The summed E-state index contributed by atoms with van der Waals surface area (Å²) in [6.07, 6.45) is -3.35. The van der Waals surface area contributed by atoms with E-state index in [0.29, 0.717) is 36.7 Å². The Kier molecular flexibility index (Phi) is 2.73. The quantitative estimate of drug-likeness (QED) is 0.799. The summed E-state index contributed by atoms with van der Waals surface area (Å²) < 4.78 is 37.8. The van der Waals surface area contributed by atoms with Crippen LogP contribution in [0.5, 0.6) is 0 Å². The molecule has 3 nitrogen and oxygen atoms in total. The Morgan fingerprint density at radius 2 is 2.06 bits per heavy atom. The summed E-state index contributed by atoms with van der Waals surface area (Å²) in [7, 11) is 0. The highest BCUT2D eigenvalue weighted by Gasteiger charge is 2.33. The molecule has 0 bridgehead atoms. The van der Waals surface area contributed by atoms with Crippen LogP contribution >= 0.6 is 0 Å². The minimum Gasteiger partial charge on any atom is -0.478 e. The Labute approximate surface area is 95.3 Å². The first-order valence-electron chi connectivity index (χ1n) is 5.11. The van der Waals surface area contributed by atoms with Gasteiger partial charge in [-0.25, -0.2) is 4.79 Å². The Morgan fingerprint density at radius 1 is 1.35 bits per heavy atom. The maximum absolute atomic E-state index is 12.6. The number of carbonyl (C=O) groups is 1. The molecule has 1 aliphatic heterocycles. The van der Waals surface area contributed by atoms with Crippen molar-refractivity contribution in [1.29, 1.82) is 0 Å². The number of fused-ring (bicyclic) bond motifs is 1. The first-order valence-corrected chi connectivity index (χ1v) is 5.11. The van der Waals surface area contributed by atoms with Gasteiger partial charge in [-0.15, -0.1) is 0 Å². The molecule has 0 atom stereocenters. The summed E-state index contributed by atoms with van der Waals surface area (Å²) in [6.45, 7) is 0.582. The number of aryl methyl sites for hydroxylation is 1. The molecule has 6 heteroatoms. The minimum absolute atomic E-state index is 0.311. The molecule has 1 aromatic rings. The van der Waals surface area contributed by atoms with Gasteiger partial charge in [-0.05, 0) is 30.5 Å². The van der Waals surface area contributed by atoms with Crippen LogP contribution in [0.2, 0.25) is 0 Å². The molecule has 0 spiro atoms. The topological polar surface area (TPSA) is 49.3 Å². The number of rotatable bonds is 1. The number of halogens is 3. The summed E-state index contributed by atoms with van der Waals surface area (Å²) in [6, 6.07) is 1.70. The molecular weight excluding hydrogens is 235 g/mol. The lowest BCUT2D eigenvalue weighted by Gasteiger charge is -2.21. The molecule has 0 unspecified atom stereocenters. The zero-order valence-corrected chi connectivity index (χ0v) is 8.77. The SMILES string of the molecule is O=C(O)c1cc(C(F)(F)F)cc2c1NCCC2. The van der Waals surface area contributed by atoms with Crippen molar-refractivity contribution in [2.24, 2.45) is 0 Å². The number of anilines is 1. The fourth-order valence-electron chi connectivity index (χ4n) is 1.93. The predicted octanol–water partition coefficient (Wildman–Crippen LogP) is 2.76. The van der Waals surface area contributed by atoms with E-state index < -0.39 is 17.7 Å². The molecule has 0 amide bonds. The molecule has 0 aromatic heterocycles. The Hall–Kier alpha value is -1.72. The monoisotopic (exact) mass is 245 g/mol. The number of carboxylic acid groups (broad SMARTS) is 1. The van der Waals surface area contributed by atoms with Crippen molar-refractivity contribution in [3.8, 4) is 0 Å². The number of nitrogens with one attached hydrogen (secondary N) is 1. The smallest absolute Gasteiger partial charge is 0.416 e. The fraction of sp³-hybridized carbons (Fsp3) is 0.364. The maximum atomic E-state index is 12.6. The lowest BCUT2D eigenvalue weighted by molar-refractivity contribution is -0.137. The van der Waals surface area contributed by atoms with Gasteiger partial charge in [0.2, 0.25) is 0 Å². The molecule has 2 N–H and O–H groups in total. The van der Waals surface area contributed by atoms with Gasteiger partial charge in [0.25, 0.3) is 0 Å². The van der Waals surface area contributed by atoms with Crippen molar-refractivity contribution >= 4 is 11.7 Å². The number of hydrogen-bond donors (Lipinski definition) is 2. The lowest BCUT2D eigenvalue weighted by Crippen LogP contribution is -2.18. The van der Waals surface area contributed by atoms with E-state index in [9.17, 15) is 18.0 Å². The highest BCUT2D eigenvalue weighted by molar-refractivity contribution is 5.95. The second kappa shape index (κ2) is 3.94. The standard InChI is InChI=1S/C11H10F3NO2/c12-11(13,14)7-4-6-2-1-3-15-9(6)8(5-7)10(16)17/h4-5,15H,1-3H2,(H,16,17). The molecule has 92 valence electrons. The fourth-order valence-corrected chi connectivity index (χ4v) is 1.93. The Morgan fingerprint density at radius 3 is 2.65 bits per heavy atom. The number of hydrogen-bond acceptors (Lipinski definition) is 2. The second-order valence-electron chi connectivity index (χ2n) is 3.89. The van der Waals surface area contributed by atoms with E-state index in [1.807, 2.05) is 0 Å². The summed E-state index contributed by atoms with van der Waals surface area (Å²) in [5.41, 5.74) is -0.480. The van der Waals surface area contributed by atoms with Gasteiger partial charge in [-0.1, -0.05) is 0 Å². The molecule has 0 saturated carbocycles. The van der Waals surface area contributed by atoms with Crippen LogP contribution in [-0.2, 0) is 12.6 Å². The van der Waals surface area contributed by atoms with Crippen LogP contribution in [0.3, 0.4) is 0 Å². The molecule has 2 rings (SSSR count). The van der Waals surface area contributed by atoms with Crippen LogP contribution in [0, 0.1) is 0 Å². The van der Waals surface area contributed by atoms with Crippen molar-refractivity contribution in [3.63, 3.8) is 0 Å². The first kappa shape index (κ1) is 11.8. The predicted molar refractivity (Wildman–Crippen MR) is 55.2 cm³/mol. The second-order valence-corrected chi connectivity index (χ2v) is 3.89. The van der Waals surface area contributed by atoms with Crippen molar-refractivity contribution in [2.45, 2.75) is 19.0 Å². The number of alkyl halides is 3. The van der Waals surface area contributed by atoms with E-state index in [2.05, 4.69) is 5.32 Å². The lowest BCUT2D eigenvalue weighted by atomic mass is 9.96. The molecule has 0 fully saturated rings. The van der Waals surface area contributed by atoms with Gasteiger partial charge in [-0.3, -0.25) is 0 Å². The van der Waals surface area contributed by atoms with E-state index in [4.69, 9.17) is 5.11 Å². The highest BCUT2D eigenvalue weighted by Crippen LogP contribution is 2.35. The summed E-state index contributed by atoms with van der Waals surface area (Å²) in [5, 5.41) is 11.8. The van der Waals surface area contributed by atoms with Crippen molar-refractivity contribution in [2.75, 3.05) is 11.9 Å². The largest absolute Gasteiger partial charge is 0.478 e. The van der Waals surface area contributed by atoms with E-state index in [1.165, 1.54) is 0 Å². The van der Waals surface area contributed by atoms with Crippen molar-refractivity contribution in [3.05, 3.63) is 28.8 Å². The molecule has 17 heavy (non-hydrogen) atoms. The van der Waals surface area contributed by atoms with E-state index in [1.54, 1.807) is 0 Å². The highest BCUT2D eigenvalue weighted by atomic mass is 19.4. The van der Waals surface area contributed by atoms with Crippen molar-refractivity contribution in [1.82, 2.24) is 0 Å². The van der Waals surface area contributed by atoms with E-state index in [-0.39, 0.29) is 5.56 Å². The van der Waals surface area contributed by atoms with Crippen LogP contribution in [-0.4, -0.2) is 17.6 Å². The summed E-state index contributed by atoms with van der Waals surface area (Å²) in [5.74, 6) is -1.35. The van der Waals surface area contributed by atoms with Crippen LogP contribution in [0.25, 0.3) is 0 Å². The van der Waals surface area contributed by atoms with E-state index >= 15 is 0 Å². The number of benzene rings is 1. The van der Waals surface area contributed by atoms with Gasteiger partial charge in [-0.2, -0.15) is 13.2 Å². The van der Waals surface area contributed by atoms with Gasteiger partial charge in [0.1, 0.15) is 0 Å². The van der Waals surface area contributed by atoms with Crippen molar-refractivity contribution < 1.29 is 23.1 Å². The van der Waals surface area contributed by atoms with E-state index in [0.717, 1.165) is 6.07 Å². The molecule has 1 aromatic carbocycles. The minimum atomic E-state index is -4.52. The number of aromatic carboxylic acids is 1. The average molecular weight is 245 g/mol. The van der Waals surface area contributed by atoms with Gasteiger partial charge in [0, 0.05) is 6.54 Å². The average Bonchev–Trinajstić information content (AvgIpc) is 2.26. The third-order valence-electron chi connectivity index (χ3n) is 2.70. The number of carboxylic acids is 1. The summed E-state index contributed by atoms with van der Waals surface area (Å²) >= 11 is 0. The van der Waals surface area contributed by atoms with Gasteiger partial charge in [0.15, 0.2) is 0 Å². The molecule has 1 heterocycles. The van der Waals surface area contributed by atoms with Crippen LogP contribution in [0.4, 0.5) is 18.9 Å². The third kappa shape index (κ3) is 2.20. The van der Waals surface area contributed by atoms with Crippen LogP contribution in [0.1, 0.15) is 27.9 Å². The Balaban J connectivity index is 2.60. The molecule has 1 aliphatic rings. The third-order valence-corrected chi connectivity index (χ3v) is 2.70. The van der Waals surface area contributed by atoms with Crippen LogP contribution in [0.15, 0.2) is 12.1 Å². The molecule has 0 saturated heterocycles. The van der Waals surface area contributed by atoms with Gasteiger partial charge >= 0.3 is 12.1 Å². The molecule has 0 radical (unpaired) electrons. The zero-order valence-electron chi connectivity index (χ0n) is 8.77. The molecular formula is C11H10F3NO2.